The number of nitrogens with one attached hydrogen (secondary N) is 1. The summed E-state index contributed by atoms with van der Waals surface area (Å²) in [7, 11) is 0. The minimum Gasteiger partial charge on any atom is -0.381 e. The Morgan fingerprint density at radius 2 is 2.31 bits per heavy atom. The first-order chi connectivity index (χ1) is 7.68. The third-order valence-corrected chi connectivity index (χ3v) is 3.68. The molecule has 1 aliphatic rings. The van der Waals surface area contributed by atoms with Gasteiger partial charge in [-0.05, 0) is 33.1 Å². The van der Waals surface area contributed by atoms with Crippen molar-refractivity contribution in [3.63, 3.8) is 0 Å². The van der Waals surface area contributed by atoms with Crippen molar-refractivity contribution in [1.29, 1.82) is 0 Å². The van der Waals surface area contributed by atoms with E-state index in [0.29, 0.717) is 5.92 Å². The number of ether oxygens (including phenoxy) is 2. The van der Waals surface area contributed by atoms with Gasteiger partial charge in [-0.3, -0.25) is 11.3 Å². The quantitative estimate of drug-likeness (QED) is 0.535. The maximum atomic E-state index is 5.89. The molecule has 1 aliphatic heterocycles. The van der Waals surface area contributed by atoms with Crippen molar-refractivity contribution in [1.82, 2.24) is 5.43 Å². The van der Waals surface area contributed by atoms with Crippen LogP contribution in [0.1, 0.15) is 40.0 Å². The highest BCUT2D eigenvalue weighted by atomic mass is 16.5. The molecule has 0 saturated carbocycles. The largest absolute Gasteiger partial charge is 0.381 e. The highest BCUT2D eigenvalue weighted by Gasteiger charge is 2.38. The Balaban J connectivity index is 2.68. The lowest BCUT2D eigenvalue weighted by Gasteiger charge is -2.42. The molecule has 0 aromatic rings. The lowest BCUT2D eigenvalue weighted by Crippen LogP contribution is -2.58. The molecule has 3 atom stereocenters. The summed E-state index contributed by atoms with van der Waals surface area (Å²) in [4.78, 5) is 0. The van der Waals surface area contributed by atoms with Crippen molar-refractivity contribution in [2.24, 2.45) is 11.8 Å². The fourth-order valence-corrected chi connectivity index (χ4v) is 2.58. The molecular weight excluding hydrogens is 204 g/mol. The second-order valence-electron chi connectivity index (χ2n) is 4.72. The Kier molecular flexibility index (Phi) is 5.69. The first-order valence-corrected chi connectivity index (χ1v) is 6.35. The number of hydrogen-bond acceptors (Lipinski definition) is 4. The summed E-state index contributed by atoms with van der Waals surface area (Å²) < 4.78 is 11.4. The van der Waals surface area contributed by atoms with Crippen molar-refractivity contribution >= 4 is 0 Å². The standard InChI is InChI=1S/C12H26N2O2/c1-4-12(3,16-5-2)11(14-13)10-7-6-8-15-9-10/h10-11,14H,4-9,13H2,1-3H3. The van der Waals surface area contributed by atoms with Gasteiger partial charge in [-0.2, -0.15) is 0 Å². The minimum atomic E-state index is -0.200. The highest BCUT2D eigenvalue weighted by Crippen LogP contribution is 2.29. The molecule has 3 N–H and O–H groups in total. The van der Waals surface area contributed by atoms with Gasteiger partial charge in [-0.15, -0.1) is 0 Å². The number of hydrazine groups is 1. The molecule has 0 spiro atoms. The van der Waals surface area contributed by atoms with Gasteiger partial charge in [0.15, 0.2) is 0 Å². The van der Waals surface area contributed by atoms with Crippen LogP contribution in [-0.4, -0.2) is 31.5 Å². The summed E-state index contributed by atoms with van der Waals surface area (Å²) in [5.74, 6) is 6.16. The Bertz CT molecular complexity index is 195. The summed E-state index contributed by atoms with van der Waals surface area (Å²) in [6.45, 7) is 8.69. The first kappa shape index (κ1) is 13.9. The number of rotatable bonds is 6. The average molecular weight is 230 g/mol. The molecule has 0 aromatic carbocycles. The molecular formula is C12H26N2O2. The topological polar surface area (TPSA) is 56.5 Å². The van der Waals surface area contributed by atoms with E-state index >= 15 is 0 Å². The van der Waals surface area contributed by atoms with Crippen molar-refractivity contribution in [2.75, 3.05) is 19.8 Å². The third kappa shape index (κ3) is 3.17. The molecule has 1 rings (SSSR count). The zero-order valence-electron chi connectivity index (χ0n) is 10.8. The van der Waals surface area contributed by atoms with E-state index in [1.807, 2.05) is 6.92 Å². The second-order valence-corrected chi connectivity index (χ2v) is 4.72. The molecule has 1 heterocycles. The zero-order chi connectivity index (χ0) is 12.0. The van der Waals surface area contributed by atoms with Crippen molar-refractivity contribution in [3.8, 4) is 0 Å². The molecule has 96 valence electrons. The summed E-state index contributed by atoms with van der Waals surface area (Å²) in [6.07, 6.45) is 3.23. The lowest BCUT2D eigenvalue weighted by atomic mass is 9.81. The SMILES string of the molecule is CCOC(C)(CC)C(NN)C1CCCOC1. The molecule has 4 heteroatoms. The van der Waals surface area contributed by atoms with Crippen LogP contribution in [0.25, 0.3) is 0 Å². The van der Waals surface area contributed by atoms with Crippen LogP contribution in [0.15, 0.2) is 0 Å². The summed E-state index contributed by atoms with van der Waals surface area (Å²) in [5.41, 5.74) is 2.74. The lowest BCUT2D eigenvalue weighted by molar-refractivity contribution is -0.0876. The monoisotopic (exact) mass is 230 g/mol. The number of hydrogen-bond donors (Lipinski definition) is 2. The predicted octanol–water partition coefficient (Wildman–Crippen LogP) is 1.45. The Hall–Kier alpha value is -0.160. The molecule has 16 heavy (non-hydrogen) atoms. The van der Waals surface area contributed by atoms with Gasteiger partial charge in [0.05, 0.1) is 18.2 Å². The van der Waals surface area contributed by atoms with Crippen LogP contribution in [-0.2, 0) is 9.47 Å². The molecule has 4 nitrogen and oxygen atoms in total. The van der Waals surface area contributed by atoms with Gasteiger partial charge in [0.1, 0.15) is 0 Å². The Labute approximate surface area is 98.8 Å². The summed E-state index contributed by atoms with van der Waals surface area (Å²) in [5, 5.41) is 0. The predicted molar refractivity (Wildman–Crippen MR) is 65.0 cm³/mol. The van der Waals surface area contributed by atoms with Gasteiger partial charge in [-0.25, -0.2) is 0 Å². The summed E-state index contributed by atoms with van der Waals surface area (Å²) >= 11 is 0. The molecule has 0 aliphatic carbocycles. The van der Waals surface area contributed by atoms with Gasteiger partial charge in [0.2, 0.25) is 0 Å². The smallest absolute Gasteiger partial charge is 0.0821 e. The van der Waals surface area contributed by atoms with Crippen LogP contribution in [0.3, 0.4) is 0 Å². The van der Waals surface area contributed by atoms with Gasteiger partial charge < -0.3 is 9.47 Å². The van der Waals surface area contributed by atoms with Crippen LogP contribution in [0.5, 0.6) is 0 Å². The normalized spacial score (nSPS) is 27.4. The van der Waals surface area contributed by atoms with E-state index in [1.54, 1.807) is 0 Å². The van der Waals surface area contributed by atoms with Crippen molar-refractivity contribution in [2.45, 2.75) is 51.7 Å². The molecule has 0 bridgehead atoms. The van der Waals surface area contributed by atoms with E-state index in [9.17, 15) is 0 Å². The Morgan fingerprint density at radius 1 is 1.56 bits per heavy atom. The molecule has 1 fully saturated rings. The van der Waals surface area contributed by atoms with Crippen LogP contribution in [0, 0.1) is 5.92 Å². The van der Waals surface area contributed by atoms with Gasteiger partial charge in [0, 0.05) is 19.1 Å². The second kappa shape index (κ2) is 6.55. The van der Waals surface area contributed by atoms with Crippen LogP contribution in [0.4, 0.5) is 0 Å². The van der Waals surface area contributed by atoms with Gasteiger partial charge >= 0.3 is 0 Å². The highest BCUT2D eigenvalue weighted by molar-refractivity contribution is 4.92. The van der Waals surface area contributed by atoms with Gasteiger partial charge in [-0.1, -0.05) is 6.92 Å². The van der Waals surface area contributed by atoms with Crippen LogP contribution >= 0.6 is 0 Å². The minimum absolute atomic E-state index is 0.165. The zero-order valence-corrected chi connectivity index (χ0v) is 10.8. The van der Waals surface area contributed by atoms with E-state index in [-0.39, 0.29) is 11.6 Å². The van der Waals surface area contributed by atoms with Crippen LogP contribution in [0.2, 0.25) is 0 Å². The molecule has 0 radical (unpaired) electrons. The summed E-state index contributed by atoms with van der Waals surface area (Å²) in [6, 6.07) is 0.165. The van der Waals surface area contributed by atoms with E-state index in [0.717, 1.165) is 39.1 Å². The molecule has 1 saturated heterocycles. The molecule has 0 amide bonds. The first-order valence-electron chi connectivity index (χ1n) is 6.35. The third-order valence-electron chi connectivity index (χ3n) is 3.68. The van der Waals surface area contributed by atoms with Crippen molar-refractivity contribution < 1.29 is 9.47 Å². The van der Waals surface area contributed by atoms with Crippen LogP contribution < -0.4 is 11.3 Å². The Morgan fingerprint density at radius 3 is 2.75 bits per heavy atom. The maximum Gasteiger partial charge on any atom is 0.0821 e. The maximum absolute atomic E-state index is 5.89. The van der Waals surface area contributed by atoms with E-state index in [1.165, 1.54) is 0 Å². The average Bonchev–Trinajstić information content (AvgIpc) is 2.31. The van der Waals surface area contributed by atoms with E-state index in [2.05, 4.69) is 19.3 Å². The fourth-order valence-electron chi connectivity index (χ4n) is 2.58. The van der Waals surface area contributed by atoms with E-state index < -0.39 is 0 Å². The molecule has 3 unspecified atom stereocenters. The van der Waals surface area contributed by atoms with E-state index in [4.69, 9.17) is 15.3 Å². The van der Waals surface area contributed by atoms with Crippen molar-refractivity contribution in [3.05, 3.63) is 0 Å². The fraction of sp³-hybridized carbons (Fsp3) is 1.00. The molecule has 0 aromatic heterocycles. The number of nitrogens with two attached hydrogens (primary N) is 1. The van der Waals surface area contributed by atoms with Gasteiger partial charge in [0.25, 0.3) is 0 Å².